The minimum Gasteiger partial charge on any atom is -0.494 e. The number of hydrogen-bond acceptors (Lipinski definition) is 8. The van der Waals surface area contributed by atoms with Gasteiger partial charge in [0.2, 0.25) is 17.7 Å². The van der Waals surface area contributed by atoms with E-state index in [2.05, 4.69) is 10.6 Å². The summed E-state index contributed by atoms with van der Waals surface area (Å²) >= 11 is 1.40. The van der Waals surface area contributed by atoms with Crippen molar-refractivity contribution < 1.29 is 28.7 Å². The Hall–Kier alpha value is -3.93. The number of hydrogen-bond donors (Lipinski definition) is 4. The van der Waals surface area contributed by atoms with Crippen LogP contribution in [0, 0.1) is 10.8 Å². The van der Waals surface area contributed by atoms with Gasteiger partial charge >= 0.3 is 5.97 Å². The molecule has 12 heteroatoms. The number of amides is 3. The summed E-state index contributed by atoms with van der Waals surface area (Å²) in [6, 6.07) is 7.70. The molecule has 1 aromatic carbocycles. The van der Waals surface area contributed by atoms with Gasteiger partial charge in [0.15, 0.2) is 0 Å². The van der Waals surface area contributed by atoms with Crippen molar-refractivity contribution in [1.82, 2.24) is 15.5 Å². The third-order valence-electron chi connectivity index (χ3n) is 6.25. The highest BCUT2D eigenvalue weighted by atomic mass is 32.1. The second-order valence-electron chi connectivity index (χ2n) is 10.1. The van der Waals surface area contributed by atoms with Gasteiger partial charge in [-0.3, -0.25) is 19.8 Å². The van der Waals surface area contributed by atoms with E-state index in [1.54, 1.807) is 35.7 Å². The van der Waals surface area contributed by atoms with Crippen LogP contribution < -0.4 is 21.1 Å². The van der Waals surface area contributed by atoms with Gasteiger partial charge in [-0.2, -0.15) is 0 Å². The highest BCUT2D eigenvalue weighted by molar-refractivity contribution is 7.10. The summed E-state index contributed by atoms with van der Waals surface area (Å²) in [7, 11) is 1.30. The number of nitrogens with two attached hydrogens (primary N) is 1. The Morgan fingerprint density at radius 1 is 1.18 bits per heavy atom. The van der Waals surface area contributed by atoms with E-state index in [1.165, 1.54) is 23.3 Å². The summed E-state index contributed by atoms with van der Waals surface area (Å²) in [5.74, 6) is -0.873. The molecule has 2 heterocycles. The van der Waals surface area contributed by atoms with Crippen molar-refractivity contribution in [3.8, 4) is 5.75 Å². The summed E-state index contributed by atoms with van der Waals surface area (Å²) in [6.07, 6.45) is 1.08. The van der Waals surface area contributed by atoms with Crippen molar-refractivity contribution in [3.63, 3.8) is 0 Å². The summed E-state index contributed by atoms with van der Waals surface area (Å²) in [5, 5.41) is 14.8. The molecule has 2 aromatic rings. The third-order valence-corrected chi connectivity index (χ3v) is 7.19. The SMILES string of the molecule is COC(=O)c1cccc(OCCCC(=O)NCC(=O)N2CC(C)(C)C[C@H]2C(=O)NCc2cc(C(=N)N)cs2)c1. The number of esters is 1. The highest BCUT2D eigenvalue weighted by Gasteiger charge is 2.43. The Bertz CT molecular complexity index is 1230. The standard InChI is InChI=1S/C27H35N5O6S/c1-27(2)12-21(25(35)31-13-20-11-18(15-39-20)24(28)29)32(16-27)23(34)14-30-22(33)8-5-9-38-19-7-4-6-17(10-19)26(36)37-3/h4,6-7,10-11,15,21H,5,8-9,12-14,16H2,1-3H3,(H3,28,29)(H,30,33)(H,31,35)/t21-/m0/s1. The molecular formula is C27H35N5O6S. The van der Waals surface area contributed by atoms with Crippen LogP contribution in [0.3, 0.4) is 0 Å². The van der Waals surface area contributed by atoms with Crippen LogP contribution in [0.25, 0.3) is 0 Å². The Kier molecular flexibility index (Phi) is 10.0. The first-order valence-corrected chi connectivity index (χ1v) is 13.4. The lowest BCUT2D eigenvalue weighted by Gasteiger charge is -2.24. The number of nitrogens with zero attached hydrogens (tertiary/aromatic N) is 1. The molecule has 1 atom stereocenters. The fourth-order valence-corrected chi connectivity index (χ4v) is 5.11. The molecule has 3 rings (SSSR count). The van der Waals surface area contributed by atoms with E-state index in [9.17, 15) is 19.2 Å². The molecule has 0 bridgehead atoms. The second kappa shape index (κ2) is 13.2. The van der Waals surface area contributed by atoms with Crippen LogP contribution >= 0.6 is 11.3 Å². The fraction of sp³-hybridized carbons (Fsp3) is 0.444. The third kappa shape index (κ3) is 8.54. The summed E-state index contributed by atoms with van der Waals surface area (Å²) < 4.78 is 10.3. The molecule has 1 aliphatic heterocycles. The summed E-state index contributed by atoms with van der Waals surface area (Å²) in [6.45, 7) is 4.74. The lowest BCUT2D eigenvalue weighted by molar-refractivity contribution is -0.138. The number of nitrogens with one attached hydrogen (secondary N) is 3. The maximum absolute atomic E-state index is 13.0. The minimum absolute atomic E-state index is 0.0295. The lowest BCUT2D eigenvalue weighted by Crippen LogP contribution is -2.48. The molecule has 39 heavy (non-hydrogen) atoms. The molecule has 1 aliphatic rings. The number of carbonyl (C=O) groups excluding carboxylic acids is 4. The fourth-order valence-electron chi connectivity index (χ4n) is 4.29. The van der Waals surface area contributed by atoms with Crippen LogP contribution in [0.2, 0.25) is 0 Å². The zero-order valence-corrected chi connectivity index (χ0v) is 23.2. The van der Waals surface area contributed by atoms with Gasteiger partial charge in [0.05, 0.1) is 32.4 Å². The van der Waals surface area contributed by atoms with Crippen molar-refractivity contribution in [2.45, 2.75) is 45.7 Å². The average Bonchev–Trinajstić information content (AvgIpc) is 3.52. The van der Waals surface area contributed by atoms with E-state index < -0.39 is 12.0 Å². The van der Waals surface area contributed by atoms with Crippen LogP contribution in [0.1, 0.15) is 53.9 Å². The molecule has 0 spiro atoms. The minimum atomic E-state index is -0.634. The molecular weight excluding hydrogens is 522 g/mol. The van der Waals surface area contributed by atoms with Crippen LogP contribution in [0.5, 0.6) is 5.75 Å². The Morgan fingerprint density at radius 2 is 1.95 bits per heavy atom. The van der Waals surface area contributed by atoms with Crippen molar-refractivity contribution >= 4 is 40.9 Å². The molecule has 210 valence electrons. The van der Waals surface area contributed by atoms with Crippen molar-refractivity contribution in [1.29, 1.82) is 5.41 Å². The van der Waals surface area contributed by atoms with Gasteiger partial charge in [0.1, 0.15) is 17.6 Å². The molecule has 1 saturated heterocycles. The maximum atomic E-state index is 13.0. The number of benzene rings is 1. The normalized spacial score (nSPS) is 15.9. The van der Waals surface area contributed by atoms with Crippen molar-refractivity contribution in [2.24, 2.45) is 11.1 Å². The molecule has 0 unspecified atom stereocenters. The number of thiophene rings is 1. The topological polar surface area (TPSA) is 164 Å². The van der Waals surface area contributed by atoms with E-state index in [4.69, 9.17) is 20.6 Å². The van der Waals surface area contributed by atoms with E-state index in [0.717, 1.165) is 4.88 Å². The zero-order chi connectivity index (χ0) is 28.6. The molecule has 5 N–H and O–H groups in total. The number of methoxy groups -OCH3 is 1. The number of nitrogen functional groups attached to an aromatic ring is 1. The number of rotatable bonds is 12. The van der Waals surface area contributed by atoms with Gasteiger partial charge in [-0.25, -0.2) is 4.79 Å². The quantitative estimate of drug-likeness (QED) is 0.134. The first kappa shape index (κ1) is 29.6. The summed E-state index contributed by atoms with van der Waals surface area (Å²) in [4.78, 5) is 52.3. The molecule has 0 saturated carbocycles. The van der Waals surface area contributed by atoms with Crippen LogP contribution in [0.4, 0.5) is 0 Å². The van der Waals surface area contributed by atoms with Gasteiger partial charge in [-0.15, -0.1) is 11.3 Å². The maximum Gasteiger partial charge on any atom is 0.337 e. The largest absolute Gasteiger partial charge is 0.494 e. The predicted octanol–water partition coefficient (Wildman–Crippen LogP) is 2.04. The smallest absolute Gasteiger partial charge is 0.337 e. The van der Waals surface area contributed by atoms with Crippen molar-refractivity contribution in [3.05, 3.63) is 51.7 Å². The molecule has 3 amide bonds. The van der Waals surface area contributed by atoms with Gasteiger partial charge in [0.25, 0.3) is 0 Å². The monoisotopic (exact) mass is 557 g/mol. The van der Waals surface area contributed by atoms with E-state index >= 15 is 0 Å². The number of carbonyl (C=O) groups is 4. The zero-order valence-electron chi connectivity index (χ0n) is 22.4. The highest BCUT2D eigenvalue weighted by Crippen LogP contribution is 2.34. The van der Waals surface area contributed by atoms with Crippen molar-refractivity contribution in [2.75, 3.05) is 26.8 Å². The van der Waals surface area contributed by atoms with Gasteiger partial charge < -0.3 is 30.7 Å². The number of amidine groups is 1. The molecule has 1 aromatic heterocycles. The van der Waals surface area contributed by atoms with E-state index in [0.29, 0.717) is 36.3 Å². The molecule has 0 aliphatic carbocycles. The Morgan fingerprint density at radius 3 is 2.64 bits per heavy atom. The van der Waals surface area contributed by atoms with Gasteiger partial charge in [0, 0.05) is 28.8 Å². The van der Waals surface area contributed by atoms with Crippen LogP contribution in [-0.4, -0.2) is 67.3 Å². The van der Waals surface area contributed by atoms with Crippen LogP contribution in [-0.2, 0) is 25.7 Å². The Labute approximate surface area is 231 Å². The molecule has 0 radical (unpaired) electrons. The molecule has 11 nitrogen and oxygen atoms in total. The van der Waals surface area contributed by atoms with Crippen LogP contribution in [0.15, 0.2) is 35.7 Å². The van der Waals surface area contributed by atoms with E-state index in [1.807, 2.05) is 13.8 Å². The average molecular weight is 558 g/mol. The number of ether oxygens (including phenoxy) is 2. The van der Waals surface area contributed by atoms with Gasteiger partial charge in [-0.1, -0.05) is 19.9 Å². The lowest BCUT2D eigenvalue weighted by atomic mass is 9.90. The second-order valence-corrected chi connectivity index (χ2v) is 11.1. The van der Waals surface area contributed by atoms with Gasteiger partial charge in [-0.05, 0) is 42.5 Å². The first-order valence-electron chi connectivity index (χ1n) is 12.6. The summed E-state index contributed by atoms with van der Waals surface area (Å²) in [5.41, 5.74) is 6.24. The predicted molar refractivity (Wildman–Crippen MR) is 147 cm³/mol. The first-order chi connectivity index (χ1) is 18.5. The Balaban J connectivity index is 1.43. The number of likely N-dealkylation sites (tertiary alicyclic amines) is 1. The van der Waals surface area contributed by atoms with E-state index in [-0.39, 0.29) is 55.1 Å². The molecule has 1 fully saturated rings.